The summed E-state index contributed by atoms with van der Waals surface area (Å²) in [7, 11) is 0. The molecule has 0 aromatic heterocycles. The van der Waals surface area contributed by atoms with E-state index in [0.29, 0.717) is 4.83 Å². The first kappa shape index (κ1) is 10.0. The van der Waals surface area contributed by atoms with Gasteiger partial charge in [-0.25, -0.2) is 0 Å². The molecule has 2 heteroatoms. The maximum atomic E-state index is 3.70. The second kappa shape index (κ2) is 4.83. The Morgan fingerprint density at radius 1 is 1.33 bits per heavy atom. The van der Waals surface area contributed by atoms with Gasteiger partial charge in [-0.2, -0.15) is 0 Å². The summed E-state index contributed by atoms with van der Waals surface area (Å²) in [5.41, 5.74) is 2.45. The molecule has 0 amide bonds. The van der Waals surface area contributed by atoms with Gasteiger partial charge in [0.05, 0.1) is 0 Å². The van der Waals surface area contributed by atoms with Crippen LogP contribution in [0.25, 0.3) is 6.08 Å². The van der Waals surface area contributed by atoms with E-state index in [1.54, 1.807) is 0 Å². The van der Waals surface area contributed by atoms with E-state index in [1.165, 1.54) is 5.56 Å². The van der Waals surface area contributed by atoms with Crippen LogP contribution in [0.3, 0.4) is 0 Å². The maximum absolute atomic E-state index is 3.70. The molecule has 1 aromatic rings. The van der Waals surface area contributed by atoms with Gasteiger partial charge in [0, 0.05) is 10.2 Å². The third-order valence-electron chi connectivity index (χ3n) is 1.67. The van der Waals surface area contributed by atoms with Crippen molar-refractivity contribution >= 4 is 37.9 Å². The molecule has 0 aliphatic rings. The monoisotopic (exact) mass is 288 g/mol. The Balaban J connectivity index is 2.84. The molecular weight excluding hydrogens is 280 g/mol. The second-order valence-corrected chi connectivity index (χ2v) is 4.25. The van der Waals surface area contributed by atoms with Crippen LogP contribution < -0.4 is 0 Å². The average Bonchev–Trinajstić information content (AvgIpc) is 2.17. The maximum Gasteiger partial charge on any atom is 0.0492 e. The molecule has 0 aliphatic carbocycles. The van der Waals surface area contributed by atoms with Crippen molar-refractivity contribution in [3.63, 3.8) is 0 Å². The summed E-state index contributed by atoms with van der Waals surface area (Å²) in [6.45, 7) is 3.70. The molecule has 1 rings (SSSR count). The van der Waals surface area contributed by atoms with Crippen molar-refractivity contribution < 1.29 is 0 Å². The quantitative estimate of drug-likeness (QED) is 0.733. The van der Waals surface area contributed by atoms with Gasteiger partial charge in [-0.05, 0) is 11.1 Å². The van der Waals surface area contributed by atoms with Gasteiger partial charge in [-0.15, -0.1) is 0 Å². The number of halogens is 2. The predicted molar refractivity (Wildman–Crippen MR) is 62.0 cm³/mol. The Hall–Kier alpha value is -0.0800. The van der Waals surface area contributed by atoms with Crippen molar-refractivity contribution in [3.8, 4) is 0 Å². The summed E-state index contributed by atoms with van der Waals surface area (Å²) in [6, 6.07) is 8.36. The molecule has 0 aliphatic heterocycles. The van der Waals surface area contributed by atoms with Crippen LogP contribution in [0.5, 0.6) is 0 Å². The van der Waals surface area contributed by atoms with E-state index >= 15 is 0 Å². The first-order valence-electron chi connectivity index (χ1n) is 3.70. The van der Waals surface area contributed by atoms with E-state index in [9.17, 15) is 0 Å². The summed E-state index contributed by atoms with van der Waals surface area (Å²) in [5.74, 6) is 0. The lowest BCUT2D eigenvalue weighted by molar-refractivity contribution is 1.15. The molecule has 0 saturated carbocycles. The molecule has 0 nitrogen and oxygen atoms in total. The minimum Gasteiger partial charge on any atom is -0.0985 e. The van der Waals surface area contributed by atoms with Gasteiger partial charge in [0.2, 0.25) is 0 Å². The molecule has 64 valence electrons. The highest BCUT2D eigenvalue weighted by molar-refractivity contribution is 9.12. The highest BCUT2D eigenvalue weighted by Crippen LogP contribution is 2.24. The van der Waals surface area contributed by atoms with E-state index in [1.807, 2.05) is 6.08 Å². The van der Waals surface area contributed by atoms with Crippen LogP contribution in [0.1, 0.15) is 16.0 Å². The fourth-order valence-electron chi connectivity index (χ4n) is 0.930. The molecule has 0 saturated heterocycles. The molecule has 1 aromatic carbocycles. The Morgan fingerprint density at radius 2 is 1.92 bits per heavy atom. The van der Waals surface area contributed by atoms with Crippen LogP contribution in [0.2, 0.25) is 0 Å². The second-order valence-electron chi connectivity index (χ2n) is 2.49. The lowest BCUT2D eigenvalue weighted by Gasteiger charge is -2.05. The molecule has 0 heterocycles. The third-order valence-corrected chi connectivity index (χ3v) is 4.04. The number of rotatable bonds is 3. The van der Waals surface area contributed by atoms with Gasteiger partial charge in [-0.3, -0.25) is 0 Å². The predicted octanol–water partition coefficient (Wildman–Crippen LogP) is 4.16. The topological polar surface area (TPSA) is 0 Å². The first-order chi connectivity index (χ1) is 5.77. The largest absolute Gasteiger partial charge is 0.0985 e. The van der Waals surface area contributed by atoms with E-state index < -0.39 is 0 Å². The van der Waals surface area contributed by atoms with Gasteiger partial charge >= 0.3 is 0 Å². The van der Waals surface area contributed by atoms with E-state index in [0.717, 1.165) is 10.9 Å². The number of benzene rings is 1. The first-order valence-corrected chi connectivity index (χ1v) is 5.74. The molecular formula is C10H10Br2. The van der Waals surface area contributed by atoms with Crippen LogP contribution in [0, 0.1) is 0 Å². The lowest BCUT2D eigenvalue weighted by Crippen LogP contribution is -1.89. The van der Waals surface area contributed by atoms with Crippen molar-refractivity contribution in [1.29, 1.82) is 0 Å². The van der Waals surface area contributed by atoms with Gasteiger partial charge in [0.15, 0.2) is 0 Å². The molecule has 0 radical (unpaired) electrons. The fourth-order valence-corrected chi connectivity index (χ4v) is 1.61. The van der Waals surface area contributed by atoms with E-state index in [2.05, 4.69) is 62.7 Å². The van der Waals surface area contributed by atoms with E-state index in [-0.39, 0.29) is 0 Å². The normalized spacial score (nSPS) is 12.5. The summed E-state index contributed by atoms with van der Waals surface area (Å²) in [5, 5.41) is 0.931. The smallest absolute Gasteiger partial charge is 0.0492 e. The van der Waals surface area contributed by atoms with Crippen molar-refractivity contribution in [1.82, 2.24) is 0 Å². The third kappa shape index (κ3) is 2.46. The molecule has 0 bridgehead atoms. The minimum absolute atomic E-state index is 0.399. The van der Waals surface area contributed by atoms with Gasteiger partial charge < -0.3 is 0 Å². The van der Waals surface area contributed by atoms with Crippen molar-refractivity contribution in [2.45, 2.75) is 4.83 Å². The van der Waals surface area contributed by atoms with Gasteiger partial charge in [-0.1, -0.05) is 68.8 Å². The Bertz CT molecular complexity index is 251. The molecule has 12 heavy (non-hydrogen) atoms. The SMILES string of the molecule is C=Cc1ccc(C(Br)CBr)cc1. The molecule has 1 atom stereocenters. The van der Waals surface area contributed by atoms with Crippen LogP contribution >= 0.6 is 31.9 Å². The summed E-state index contributed by atoms with van der Waals surface area (Å²) in [4.78, 5) is 0.399. The number of alkyl halides is 2. The Labute approximate surface area is 89.9 Å². The van der Waals surface area contributed by atoms with Crippen molar-refractivity contribution in [2.75, 3.05) is 5.33 Å². The molecule has 0 N–H and O–H groups in total. The number of hydrogen-bond donors (Lipinski definition) is 0. The standard InChI is InChI=1S/C10H10Br2/c1-2-8-3-5-9(6-4-8)10(12)7-11/h2-6,10H,1,7H2. The average molecular weight is 290 g/mol. The van der Waals surface area contributed by atoms with E-state index in [4.69, 9.17) is 0 Å². The van der Waals surface area contributed by atoms with Crippen LogP contribution in [0.4, 0.5) is 0 Å². The zero-order valence-corrected chi connectivity index (χ0v) is 9.81. The zero-order valence-electron chi connectivity index (χ0n) is 6.63. The Morgan fingerprint density at radius 3 is 2.33 bits per heavy atom. The zero-order chi connectivity index (χ0) is 8.97. The van der Waals surface area contributed by atoms with Crippen LogP contribution in [0.15, 0.2) is 30.8 Å². The van der Waals surface area contributed by atoms with Crippen molar-refractivity contribution in [3.05, 3.63) is 42.0 Å². The van der Waals surface area contributed by atoms with Crippen molar-refractivity contribution in [2.24, 2.45) is 0 Å². The number of hydrogen-bond acceptors (Lipinski definition) is 0. The van der Waals surface area contributed by atoms with Crippen LogP contribution in [-0.4, -0.2) is 5.33 Å². The highest BCUT2D eigenvalue weighted by atomic mass is 79.9. The molecule has 0 spiro atoms. The summed E-state index contributed by atoms with van der Waals surface area (Å²) >= 11 is 6.98. The Kier molecular flexibility index (Phi) is 4.02. The molecule has 1 unspecified atom stereocenters. The summed E-state index contributed by atoms with van der Waals surface area (Å²) in [6.07, 6.45) is 1.85. The highest BCUT2D eigenvalue weighted by Gasteiger charge is 2.03. The molecule has 0 fully saturated rings. The van der Waals surface area contributed by atoms with Crippen LogP contribution in [-0.2, 0) is 0 Å². The minimum atomic E-state index is 0.399. The summed E-state index contributed by atoms with van der Waals surface area (Å²) < 4.78 is 0. The lowest BCUT2D eigenvalue weighted by atomic mass is 10.1. The van der Waals surface area contributed by atoms with Gasteiger partial charge in [0.1, 0.15) is 0 Å². The fraction of sp³-hybridized carbons (Fsp3) is 0.200. The van der Waals surface area contributed by atoms with Gasteiger partial charge in [0.25, 0.3) is 0 Å².